The van der Waals surface area contributed by atoms with Crippen molar-refractivity contribution in [3.8, 4) is 17.0 Å². The zero-order valence-electron chi connectivity index (χ0n) is 12.5. The first-order chi connectivity index (χ1) is 11.1. The first-order valence-electron chi connectivity index (χ1n) is 7.27. The van der Waals surface area contributed by atoms with E-state index in [1.165, 1.54) is 11.8 Å². The third-order valence-corrected chi connectivity index (χ3v) is 4.87. The first-order valence-corrected chi connectivity index (χ1v) is 8.31. The van der Waals surface area contributed by atoms with E-state index in [0.717, 1.165) is 11.3 Å². The number of pyridine rings is 2. The molecule has 1 aliphatic heterocycles. The van der Waals surface area contributed by atoms with Gasteiger partial charge in [-0.25, -0.2) is 4.98 Å². The number of aliphatic hydroxyl groups is 3. The molecule has 0 spiro atoms. The maximum absolute atomic E-state index is 10.1. The van der Waals surface area contributed by atoms with E-state index in [9.17, 15) is 15.3 Å². The summed E-state index contributed by atoms with van der Waals surface area (Å²) >= 11 is 1.26. The molecular formula is C16H18N2O4S. The molecule has 0 saturated carbocycles. The summed E-state index contributed by atoms with van der Waals surface area (Å²) in [6.07, 6.45) is 0.0211. The van der Waals surface area contributed by atoms with E-state index in [1.807, 2.05) is 25.1 Å². The van der Waals surface area contributed by atoms with Gasteiger partial charge in [0.05, 0.1) is 6.10 Å². The van der Waals surface area contributed by atoms with Crippen molar-refractivity contribution in [1.29, 1.82) is 0 Å². The average Bonchev–Trinajstić information content (AvgIpc) is 2.57. The SMILES string of the molecule is Cc1ccc(O[C@@H]2SC[C@@H](O)[C@H](O)[C@H]2O)c(-c2cccnc2)n1. The molecular weight excluding hydrogens is 316 g/mol. The monoisotopic (exact) mass is 334 g/mol. The maximum Gasteiger partial charge on any atom is 0.173 e. The Morgan fingerprint density at radius 1 is 1.17 bits per heavy atom. The molecule has 1 saturated heterocycles. The fourth-order valence-electron chi connectivity index (χ4n) is 2.36. The molecule has 0 aliphatic carbocycles. The smallest absolute Gasteiger partial charge is 0.173 e. The third kappa shape index (κ3) is 3.48. The lowest BCUT2D eigenvalue weighted by Gasteiger charge is -2.34. The van der Waals surface area contributed by atoms with Crippen molar-refractivity contribution in [3.05, 3.63) is 42.4 Å². The molecule has 0 radical (unpaired) electrons. The van der Waals surface area contributed by atoms with Gasteiger partial charge in [-0.2, -0.15) is 0 Å². The van der Waals surface area contributed by atoms with Gasteiger partial charge in [-0.05, 0) is 31.2 Å². The molecule has 4 atom stereocenters. The van der Waals surface area contributed by atoms with Gasteiger partial charge in [0.25, 0.3) is 0 Å². The minimum atomic E-state index is -1.22. The predicted molar refractivity (Wildman–Crippen MR) is 87.1 cm³/mol. The van der Waals surface area contributed by atoms with Gasteiger partial charge >= 0.3 is 0 Å². The van der Waals surface area contributed by atoms with Gasteiger partial charge in [0.1, 0.15) is 23.7 Å². The molecule has 3 N–H and O–H groups in total. The second kappa shape index (κ2) is 6.84. The molecule has 2 aromatic heterocycles. The second-order valence-electron chi connectivity index (χ2n) is 5.41. The van der Waals surface area contributed by atoms with E-state index in [0.29, 0.717) is 17.2 Å². The van der Waals surface area contributed by atoms with Crippen molar-refractivity contribution in [1.82, 2.24) is 9.97 Å². The van der Waals surface area contributed by atoms with Gasteiger partial charge in [-0.1, -0.05) is 0 Å². The van der Waals surface area contributed by atoms with Crippen molar-refractivity contribution in [3.63, 3.8) is 0 Å². The summed E-state index contributed by atoms with van der Waals surface area (Å²) in [5.41, 5.74) is 1.60. The zero-order chi connectivity index (χ0) is 16.4. The van der Waals surface area contributed by atoms with Gasteiger partial charge in [0, 0.05) is 29.4 Å². The van der Waals surface area contributed by atoms with Crippen LogP contribution in [0.3, 0.4) is 0 Å². The fraction of sp³-hybridized carbons (Fsp3) is 0.375. The Balaban J connectivity index is 1.89. The van der Waals surface area contributed by atoms with E-state index in [2.05, 4.69) is 9.97 Å². The lowest BCUT2D eigenvalue weighted by Crippen LogP contribution is -2.50. The number of rotatable bonds is 3. The summed E-state index contributed by atoms with van der Waals surface area (Å²) < 4.78 is 5.88. The number of ether oxygens (including phenoxy) is 1. The zero-order valence-corrected chi connectivity index (χ0v) is 13.3. The average molecular weight is 334 g/mol. The minimum Gasteiger partial charge on any atom is -0.475 e. The fourth-order valence-corrected chi connectivity index (χ4v) is 3.47. The predicted octanol–water partition coefficient (Wildman–Crippen LogP) is 0.986. The number of nitrogens with zero attached hydrogens (tertiary/aromatic N) is 2. The second-order valence-corrected chi connectivity index (χ2v) is 6.54. The van der Waals surface area contributed by atoms with Crippen molar-refractivity contribution >= 4 is 11.8 Å². The minimum absolute atomic E-state index is 0.296. The molecule has 2 aromatic rings. The normalized spacial score (nSPS) is 27.7. The van der Waals surface area contributed by atoms with E-state index in [4.69, 9.17) is 4.74 Å². The highest BCUT2D eigenvalue weighted by molar-refractivity contribution is 7.99. The summed E-state index contributed by atoms with van der Waals surface area (Å²) in [6, 6.07) is 7.30. The van der Waals surface area contributed by atoms with Gasteiger partial charge in [-0.15, -0.1) is 11.8 Å². The van der Waals surface area contributed by atoms with Crippen LogP contribution in [0.2, 0.25) is 0 Å². The lowest BCUT2D eigenvalue weighted by molar-refractivity contribution is -0.0785. The van der Waals surface area contributed by atoms with Crippen molar-refractivity contribution in [2.45, 2.75) is 30.7 Å². The van der Waals surface area contributed by atoms with Crippen LogP contribution >= 0.6 is 11.8 Å². The van der Waals surface area contributed by atoms with Crippen LogP contribution in [0.1, 0.15) is 5.69 Å². The molecule has 1 aliphatic rings. The summed E-state index contributed by atoms with van der Waals surface area (Å²) in [7, 11) is 0. The highest BCUT2D eigenvalue weighted by Gasteiger charge is 2.38. The van der Waals surface area contributed by atoms with E-state index in [1.54, 1.807) is 18.5 Å². The number of aliphatic hydroxyl groups excluding tert-OH is 3. The first kappa shape index (κ1) is 16.2. The van der Waals surface area contributed by atoms with E-state index in [-0.39, 0.29) is 0 Å². The highest BCUT2D eigenvalue weighted by Crippen LogP contribution is 2.33. The number of aromatic nitrogens is 2. The Bertz CT molecular complexity index is 670. The van der Waals surface area contributed by atoms with Crippen molar-refractivity contribution in [2.75, 3.05) is 5.75 Å². The van der Waals surface area contributed by atoms with Crippen LogP contribution in [-0.2, 0) is 0 Å². The van der Waals surface area contributed by atoms with Crippen molar-refractivity contribution < 1.29 is 20.1 Å². The molecule has 0 amide bonds. The number of hydrogen-bond acceptors (Lipinski definition) is 7. The largest absolute Gasteiger partial charge is 0.475 e. The summed E-state index contributed by atoms with van der Waals surface area (Å²) in [5.74, 6) is 0.800. The van der Waals surface area contributed by atoms with Crippen LogP contribution in [0.4, 0.5) is 0 Å². The number of thioether (sulfide) groups is 1. The molecule has 0 unspecified atom stereocenters. The van der Waals surface area contributed by atoms with E-state index < -0.39 is 23.7 Å². The Kier molecular flexibility index (Phi) is 4.82. The Hall–Kier alpha value is -1.67. The third-order valence-electron chi connectivity index (χ3n) is 3.63. The molecule has 0 bridgehead atoms. The summed E-state index contributed by atoms with van der Waals surface area (Å²) in [6.45, 7) is 1.88. The Morgan fingerprint density at radius 2 is 2.00 bits per heavy atom. The topological polar surface area (TPSA) is 95.7 Å². The molecule has 6 nitrogen and oxygen atoms in total. The summed E-state index contributed by atoms with van der Waals surface area (Å²) in [4.78, 5) is 8.59. The van der Waals surface area contributed by atoms with Gasteiger partial charge in [0.2, 0.25) is 0 Å². The molecule has 7 heteroatoms. The Morgan fingerprint density at radius 3 is 2.74 bits per heavy atom. The molecule has 23 heavy (non-hydrogen) atoms. The molecule has 3 heterocycles. The van der Waals surface area contributed by atoms with Gasteiger partial charge < -0.3 is 20.1 Å². The highest BCUT2D eigenvalue weighted by atomic mass is 32.2. The Labute approximate surface area is 138 Å². The van der Waals surface area contributed by atoms with E-state index >= 15 is 0 Å². The van der Waals surface area contributed by atoms with Crippen LogP contribution in [0.25, 0.3) is 11.3 Å². The van der Waals surface area contributed by atoms with Gasteiger partial charge in [0.15, 0.2) is 5.44 Å². The number of hydrogen-bond donors (Lipinski definition) is 3. The maximum atomic E-state index is 10.1. The van der Waals surface area contributed by atoms with Gasteiger partial charge in [-0.3, -0.25) is 4.98 Å². The molecule has 3 rings (SSSR count). The quantitative estimate of drug-likeness (QED) is 0.770. The van der Waals surface area contributed by atoms with Crippen LogP contribution in [0, 0.1) is 6.92 Å². The standard InChI is InChI=1S/C16H18N2O4S/c1-9-4-5-12(13(18-9)10-3-2-6-17-7-10)22-16-15(21)14(20)11(19)8-23-16/h2-7,11,14-16,19-21H,8H2,1H3/t11-,14+,15-,16-/m1/s1. The van der Waals surface area contributed by atoms with Crippen LogP contribution in [0.5, 0.6) is 5.75 Å². The lowest BCUT2D eigenvalue weighted by atomic mass is 10.1. The number of aryl methyl sites for hydroxylation is 1. The van der Waals surface area contributed by atoms with Crippen LogP contribution < -0.4 is 4.74 Å². The van der Waals surface area contributed by atoms with Crippen molar-refractivity contribution in [2.24, 2.45) is 0 Å². The van der Waals surface area contributed by atoms with Crippen LogP contribution in [0.15, 0.2) is 36.7 Å². The molecule has 122 valence electrons. The summed E-state index contributed by atoms with van der Waals surface area (Å²) in [5, 5.41) is 29.5. The molecule has 0 aromatic carbocycles. The molecule has 1 fully saturated rings. The van der Waals surface area contributed by atoms with Crippen LogP contribution in [-0.4, -0.2) is 54.8 Å².